The van der Waals surface area contributed by atoms with E-state index in [1.54, 1.807) is 32.6 Å². The van der Waals surface area contributed by atoms with Crippen molar-refractivity contribution in [1.82, 2.24) is 15.6 Å². The van der Waals surface area contributed by atoms with Crippen molar-refractivity contribution in [3.05, 3.63) is 33.8 Å². The lowest BCUT2D eigenvalue weighted by Crippen LogP contribution is -2.37. The van der Waals surface area contributed by atoms with Gasteiger partial charge in [0.25, 0.3) is 0 Å². The molecule has 8 heteroatoms. The maximum Gasteiger partial charge on any atom is 0.191 e. The molecule has 0 radical (unpaired) electrons. The SMILES string of the molecule is CN=C(NCCCOc1cc(OC)cc(OC)c1)NCc1sc(C)nc1C. The van der Waals surface area contributed by atoms with Gasteiger partial charge >= 0.3 is 0 Å². The van der Waals surface area contributed by atoms with Crippen molar-refractivity contribution < 1.29 is 14.2 Å². The Labute approximate surface area is 164 Å². The Morgan fingerprint density at radius 2 is 1.74 bits per heavy atom. The predicted octanol–water partition coefficient (Wildman–Crippen LogP) is 2.91. The van der Waals surface area contributed by atoms with Gasteiger partial charge in [0.1, 0.15) is 17.2 Å². The highest BCUT2D eigenvalue weighted by atomic mass is 32.1. The summed E-state index contributed by atoms with van der Waals surface area (Å²) in [5, 5.41) is 7.69. The van der Waals surface area contributed by atoms with Crippen LogP contribution in [0.3, 0.4) is 0 Å². The summed E-state index contributed by atoms with van der Waals surface area (Å²) in [6.07, 6.45) is 0.832. The van der Waals surface area contributed by atoms with Crippen LogP contribution in [-0.2, 0) is 6.54 Å². The maximum atomic E-state index is 5.79. The molecule has 0 amide bonds. The number of aromatic nitrogens is 1. The first-order chi connectivity index (χ1) is 13.0. The second-order valence-electron chi connectivity index (χ2n) is 5.84. The van der Waals surface area contributed by atoms with Crippen LogP contribution in [0.5, 0.6) is 17.2 Å². The molecule has 0 bridgehead atoms. The summed E-state index contributed by atoms with van der Waals surface area (Å²) in [6, 6.07) is 5.50. The number of hydrogen-bond donors (Lipinski definition) is 2. The Morgan fingerprint density at radius 1 is 1.07 bits per heavy atom. The van der Waals surface area contributed by atoms with Crippen LogP contribution in [0.4, 0.5) is 0 Å². The lowest BCUT2D eigenvalue weighted by Gasteiger charge is -2.12. The number of aryl methyl sites for hydroxylation is 2. The lowest BCUT2D eigenvalue weighted by molar-refractivity contribution is 0.305. The van der Waals surface area contributed by atoms with Crippen molar-refractivity contribution in [2.24, 2.45) is 4.99 Å². The number of methoxy groups -OCH3 is 2. The molecule has 0 aliphatic heterocycles. The minimum atomic E-state index is 0.577. The number of rotatable bonds is 9. The second kappa shape index (κ2) is 10.6. The molecule has 2 rings (SSSR count). The molecule has 0 aliphatic carbocycles. The van der Waals surface area contributed by atoms with E-state index in [-0.39, 0.29) is 0 Å². The van der Waals surface area contributed by atoms with Crippen LogP contribution < -0.4 is 24.8 Å². The monoisotopic (exact) mass is 392 g/mol. The standard InChI is InChI=1S/C19H28N4O3S/c1-13-18(27-14(2)23-13)12-22-19(20-3)21-7-6-8-26-17-10-15(24-4)9-16(11-17)25-5/h9-11H,6-8,12H2,1-5H3,(H2,20,21,22). The normalized spacial score (nSPS) is 11.2. The van der Waals surface area contributed by atoms with Gasteiger partial charge in [0, 0.05) is 36.7 Å². The van der Waals surface area contributed by atoms with Crippen LogP contribution in [-0.4, -0.2) is 45.4 Å². The van der Waals surface area contributed by atoms with E-state index < -0.39 is 0 Å². The Hall–Kier alpha value is -2.48. The first kappa shape index (κ1) is 20.8. The molecule has 0 fully saturated rings. The van der Waals surface area contributed by atoms with Gasteiger partial charge in [-0.2, -0.15) is 0 Å². The van der Waals surface area contributed by atoms with Crippen LogP contribution in [0.25, 0.3) is 0 Å². The highest BCUT2D eigenvalue weighted by molar-refractivity contribution is 7.11. The highest BCUT2D eigenvalue weighted by Crippen LogP contribution is 2.27. The van der Waals surface area contributed by atoms with Gasteiger partial charge in [-0.3, -0.25) is 4.99 Å². The molecule has 2 N–H and O–H groups in total. The average Bonchev–Trinajstić information content (AvgIpc) is 3.00. The largest absolute Gasteiger partial charge is 0.496 e. The average molecular weight is 393 g/mol. The van der Waals surface area contributed by atoms with E-state index in [2.05, 4.69) is 20.6 Å². The van der Waals surface area contributed by atoms with Gasteiger partial charge in [0.05, 0.1) is 38.1 Å². The summed E-state index contributed by atoms with van der Waals surface area (Å²) >= 11 is 1.71. The summed E-state index contributed by atoms with van der Waals surface area (Å²) in [6.45, 7) is 6.10. The van der Waals surface area contributed by atoms with Crippen molar-refractivity contribution in [2.45, 2.75) is 26.8 Å². The molecule has 27 heavy (non-hydrogen) atoms. The van der Waals surface area contributed by atoms with E-state index in [9.17, 15) is 0 Å². The van der Waals surface area contributed by atoms with E-state index in [1.165, 1.54) is 4.88 Å². The number of nitrogens with zero attached hydrogens (tertiary/aromatic N) is 2. The molecule has 148 valence electrons. The molecule has 0 atom stereocenters. The summed E-state index contributed by atoms with van der Waals surface area (Å²) < 4.78 is 16.3. The summed E-state index contributed by atoms with van der Waals surface area (Å²) in [5.74, 6) is 2.91. The Morgan fingerprint density at radius 3 is 2.30 bits per heavy atom. The predicted molar refractivity (Wildman–Crippen MR) is 109 cm³/mol. The van der Waals surface area contributed by atoms with Gasteiger partial charge in [-0.15, -0.1) is 11.3 Å². The molecule has 1 aromatic heterocycles. The number of guanidine groups is 1. The van der Waals surface area contributed by atoms with Crippen molar-refractivity contribution in [2.75, 3.05) is 34.4 Å². The van der Waals surface area contributed by atoms with E-state index in [1.807, 2.05) is 32.0 Å². The van der Waals surface area contributed by atoms with E-state index in [0.717, 1.165) is 41.9 Å². The van der Waals surface area contributed by atoms with Gasteiger partial charge in [-0.1, -0.05) is 0 Å². The minimum absolute atomic E-state index is 0.577. The van der Waals surface area contributed by atoms with Crippen LogP contribution >= 0.6 is 11.3 Å². The quantitative estimate of drug-likeness (QED) is 0.388. The topological polar surface area (TPSA) is 77.0 Å². The Balaban J connectivity index is 1.71. The number of aliphatic imine (C=N–C) groups is 1. The molecule has 1 aromatic carbocycles. The van der Waals surface area contributed by atoms with Gasteiger partial charge in [0.2, 0.25) is 0 Å². The number of thiazole rings is 1. The fourth-order valence-electron chi connectivity index (χ4n) is 2.46. The lowest BCUT2D eigenvalue weighted by atomic mass is 10.3. The molecule has 0 saturated heterocycles. The molecular formula is C19H28N4O3S. The third-order valence-electron chi connectivity index (χ3n) is 3.85. The third kappa shape index (κ3) is 6.63. The van der Waals surface area contributed by atoms with E-state index in [0.29, 0.717) is 18.1 Å². The fraction of sp³-hybridized carbons (Fsp3) is 0.474. The highest BCUT2D eigenvalue weighted by Gasteiger charge is 2.06. The molecule has 0 spiro atoms. The summed E-state index contributed by atoms with van der Waals surface area (Å²) in [7, 11) is 5.01. The number of nitrogens with one attached hydrogen (secondary N) is 2. The molecule has 0 unspecified atom stereocenters. The summed E-state index contributed by atoms with van der Waals surface area (Å²) in [4.78, 5) is 9.91. The van der Waals surface area contributed by atoms with Crippen LogP contribution in [0.2, 0.25) is 0 Å². The van der Waals surface area contributed by atoms with Crippen molar-refractivity contribution in [3.63, 3.8) is 0 Å². The van der Waals surface area contributed by atoms with E-state index in [4.69, 9.17) is 14.2 Å². The molecule has 0 aliphatic rings. The van der Waals surface area contributed by atoms with Gasteiger partial charge in [-0.05, 0) is 20.3 Å². The van der Waals surface area contributed by atoms with Gasteiger partial charge in [-0.25, -0.2) is 4.98 Å². The molecule has 0 saturated carbocycles. The van der Waals surface area contributed by atoms with Crippen LogP contribution in [0, 0.1) is 13.8 Å². The fourth-order valence-corrected chi connectivity index (χ4v) is 3.33. The smallest absolute Gasteiger partial charge is 0.191 e. The molecule has 7 nitrogen and oxygen atoms in total. The van der Waals surface area contributed by atoms with E-state index >= 15 is 0 Å². The van der Waals surface area contributed by atoms with Crippen molar-refractivity contribution >= 4 is 17.3 Å². The second-order valence-corrected chi connectivity index (χ2v) is 7.13. The minimum Gasteiger partial charge on any atom is -0.496 e. The molecular weight excluding hydrogens is 364 g/mol. The number of hydrogen-bond acceptors (Lipinski definition) is 6. The number of ether oxygens (including phenoxy) is 3. The van der Waals surface area contributed by atoms with Crippen molar-refractivity contribution in [3.8, 4) is 17.2 Å². The van der Waals surface area contributed by atoms with Crippen molar-refractivity contribution in [1.29, 1.82) is 0 Å². The zero-order valence-electron chi connectivity index (χ0n) is 16.6. The zero-order valence-corrected chi connectivity index (χ0v) is 17.4. The van der Waals surface area contributed by atoms with Gasteiger partial charge < -0.3 is 24.8 Å². The summed E-state index contributed by atoms with van der Waals surface area (Å²) in [5.41, 5.74) is 1.07. The maximum absolute atomic E-state index is 5.79. The third-order valence-corrected chi connectivity index (χ3v) is 4.92. The Bertz CT molecular complexity index is 739. The zero-order chi connectivity index (χ0) is 19.6. The number of benzene rings is 1. The molecule has 1 heterocycles. The van der Waals surface area contributed by atoms with Crippen LogP contribution in [0.15, 0.2) is 23.2 Å². The van der Waals surface area contributed by atoms with Crippen LogP contribution in [0.1, 0.15) is 22.0 Å². The molecule has 2 aromatic rings. The first-order valence-electron chi connectivity index (χ1n) is 8.79. The van der Waals surface area contributed by atoms with Gasteiger partial charge in [0.15, 0.2) is 5.96 Å². The first-order valence-corrected chi connectivity index (χ1v) is 9.60. The Kier molecular flexibility index (Phi) is 8.19.